The zero-order valence-corrected chi connectivity index (χ0v) is 9.39. The third-order valence-electron chi connectivity index (χ3n) is 3.37. The van der Waals surface area contributed by atoms with Gasteiger partial charge in [-0.25, -0.2) is 4.98 Å². The number of hydrogen-bond acceptors (Lipinski definition) is 2. The minimum Gasteiger partial charge on any atom is -0.393 e. The van der Waals surface area contributed by atoms with Crippen LogP contribution < -0.4 is 0 Å². The molecule has 1 heterocycles. The van der Waals surface area contributed by atoms with Crippen LogP contribution in [0.1, 0.15) is 38.4 Å². The lowest BCUT2D eigenvalue weighted by Crippen LogP contribution is -2.22. The van der Waals surface area contributed by atoms with E-state index in [9.17, 15) is 5.11 Å². The average Bonchev–Trinajstić information content (AvgIpc) is 2.65. The molecule has 1 saturated carbocycles. The minimum atomic E-state index is -0.0752. The summed E-state index contributed by atoms with van der Waals surface area (Å²) >= 11 is 0. The molecule has 3 heteroatoms. The van der Waals surface area contributed by atoms with E-state index in [0.717, 1.165) is 25.8 Å². The van der Waals surface area contributed by atoms with E-state index < -0.39 is 0 Å². The van der Waals surface area contributed by atoms with Crippen molar-refractivity contribution in [3.63, 3.8) is 0 Å². The van der Waals surface area contributed by atoms with Gasteiger partial charge in [0.25, 0.3) is 0 Å². The Labute approximate surface area is 91.1 Å². The van der Waals surface area contributed by atoms with Crippen molar-refractivity contribution in [1.82, 2.24) is 9.55 Å². The van der Waals surface area contributed by atoms with Gasteiger partial charge in [-0.15, -0.1) is 0 Å². The molecule has 0 saturated heterocycles. The maximum atomic E-state index is 9.61. The van der Waals surface area contributed by atoms with Gasteiger partial charge in [-0.2, -0.15) is 0 Å². The number of hydrogen-bond donors (Lipinski definition) is 1. The predicted octanol–water partition coefficient (Wildman–Crippen LogP) is 2.00. The third kappa shape index (κ3) is 2.59. The van der Waals surface area contributed by atoms with Crippen LogP contribution in [-0.4, -0.2) is 20.8 Å². The number of aliphatic hydroxyl groups is 1. The van der Waals surface area contributed by atoms with Crippen molar-refractivity contribution in [2.45, 2.75) is 51.7 Å². The van der Waals surface area contributed by atoms with Gasteiger partial charge >= 0.3 is 0 Å². The highest BCUT2D eigenvalue weighted by Gasteiger charge is 2.21. The fourth-order valence-corrected chi connectivity index (χ4v) is 2.52. The second kappa shape index (κ2) is 4.79. The highest BCUT2D eigenvalue weighted by Crippen LogP contribution is 2.26. The van der Waals surface area contributed by atoms with Gasteiger partial charge in [0.15, 0.2) is 0 Å². The van der Waals surface area contributed by atoms with Crippen LogP contribution in [0.2, 0.25) is 0 Å². The second-order valence-electron chi connectivity index (χ2n) is 4.52. The van der Waals surface area contributed by atoms with Gasteiger partial charge in [-0.05, 0) is 32.1 Å². The van der Waals surface area contributed by atoms with Crippen molar-refractivity contribution in [2.24, 2.45) is 5.92 Å². The Bertz CT molecular complexity index is 308. The highest BCUT2D eigenvalue weighted by atomic mass is 16.3. The van der Waals surface area contributed by atoms with Gasteiger partial charge in [0.1, 0.15) is 5.82 Å². The summed E-state index contributed by atoms with van der Waals surface area (Å²) in [7, 11) is 0. The Morgan fingerprint density at radius 3 is 3.13 bits per heavy atom. The van der Waals surface area contributed by atoms with E-state index in [2.05, 4.69) is 16.5 Å². The van der Waals surface area contributed by atoms with E-state index >= 15 is 0 Å². The molecule has 1 fully saturated rings. The fourth-order valence-electron chi connectivity index (χ4n) is 2.52. The molecular weight excluding hydrogens is 188 g/mol. The molecule has 1 aliphatic carbocycles. The van der Waals surface area contributed by atoms with E-state index in [1.807, 2.05) is 12.4 Å². The number of aliphatic hydroxyl groups excluding tert-OH is 1. The molecule has 0 amide bonds. The summed E-state index contributed by atoms with van der Waals surface area (Å²) in [6.45, 7) is 3.13. The normalized spacial score (nSPS) is 26.8. The third-order valence-corrected chi connectivity index (χ3v) is 3.37. The van der Waals surface area contributed by atoms with Gasteiger partial charge in [-0.1, -0.05) is 6.42 Å². The Morgan fingerprint density at radius 2 is 2.40 bits per heavy atom. The standard InChI is InChI=1S/C12H20N2O/c1-2-14-7-6-13-12(14)9-10-4-3-5-11(15)8-10/h6-7,10-11,15H,2-5,8-9H2,1H3. The first-order chi connectivity index (χ1) is 7.29. The minimum absolute atomic E-state index is 0.0752. The molecule has 0 aliphatic heterocycles. The summed E-state index contributed by atoms with van der Waals surface area (Å²) in [5.74, 6) is 1.80. The Balaban J connectivity index is 1.96. The first-order valence-corrected chi connectivity index (χ1v) is 5.97. The van der Waals surface area contributed by atoms with Crippen LogP contribution in [-0.2, 0) is 13.0 Å². The van der Waals surface area contributed by atoms with E-state index in [0.29, 0.717) is 5.92 Å². The van der Waals surface area contributed by atoms with Gasteiger partial charge in [0.05, 0.1) is 6.10 Å². The van der Waals surface area contributed by atoms with Crippen molar-refractivity contribution >= 4 is 0 Å². The molecule has 15 heavy (non-hydrogen) atoms. The maximum Gasteiger partial charge on any atom is 0.108 e. The van der Waals surface area contributed by atoms with Crippen molar-refractivity contribution < 1.29 is 5.11 Å². The van der Waals surface area contributed by atoms with Gasteiger partial charge in [0.2, 0.25) is 0 Å². The molecule has 1 N–H and O–H groups in total. The number of rotatable bonds is 3. The zero-order valence-electron chi connectivity index (χ0n) is 9.39. The highest BCUT2D eigenvalue weighted by molar-refractivity contribution is 4.94. The molecule has 2 atom stereocenters. The number of imidazole rings is 1. The summed E-state index contributed by atoms with van der Waals surface area (Å²) in [5, 5.41) is 9.61. The molecule has 0 bridgehead atoms. The van der Waals surface area contributed by atoms with Crippen molar-refractivity contribution in [3.8, 4) is 0 Å². The largest absolute Gasteiger partial charge is 0.393 e. The van der Waals surface area contributed by atoms with Crippen LogP contribution in [0.5, 0.6) is 0 Å². The Kier molecular flexibility index (Phi) is 3.41. The summed E-state index contributed by atoms with van der Waals surface area (Å²) in [6.07, 6.45) is 9.21. The lowest BCUT2D eigenvalue weighted by molar-refractivity contribution is 0.100. The molecule has 84 valence electrons. The van der Waals surface area contributed by atoms with Gasteiger partial charge < -0.3 is 9.67 Å². The quantitative estimate of drug-likeness (QED) is 0.825. The summed E-state index contributed by atoms with van der Waals surface area (Å²) < 4.78 is 2.20. The molecule has 1 aromatic rings. The van der Waals surface area contributed by atoms with E-state index in [1.54, 1.807) is 0 Å². The summed E-state index contributed by atoms with van der Waals surface area (Å²) in [4.78, 5) is 4.39. The lowest BCUT2D eigenvalue weighted by Gasteiger charge is -2.25. The van der Waals surface area contributed by atoms with Crippen LogP contribution >= 0.6 is 0 Å². The molecule has 2 rings (SSSR count). The Hall–Kier alpha value is -0.830. The molecule has 0 aromatic carbocycles. The van der Waals surface area contributed by atoms with Crippen LogP contribution in [0, 0.1) is 5.92 Å². The second-order valence-corrected chi connectivity index (χ2v) is 4.52. The first kappa shape index (κ1) is 10.7. The van der Waals surface area contributed by atoms with Crippen molar-refractivity contribution in [3.05, 3.63) is 18.2 Å². The predicted molar refractivity (Wildman–Crippen MR) is 59.6 cm³/mol. The van der Waals surface area contributed by atoms with Gasteiger partial charge in [0, 0.05) is 25.4 Å². The topological polar surface area (TPSA) is 38.0 Å². The molecule has 3 nitrogen and oxygen atoms in total. The molecular formula is C12H20N2O. The monoisotopic (exact) mass is 208 g/mol. The van der Waals surface area contributed by atoms with Crippen LogP contribution in [0.4, 0.5) is 0 Å². The molecule has 2 unspecified atom stereocenters. The van der Waals surface area contributed by atoms with E-state index in [4.69, 9.17) is 0 Å². The lowest BCUT2D eigenvalue weighted by atomic mass is 9.85. The number of nitrogens with zero attached hydrogens (tertiary/aromatic N) is 2. The molecule has 0 radical (unpaired) electrons. The molecule has 1 aliphatic rings. The van der Waals surface area contributed by atoms with E-state index in [1.165, 1.54) is 18.7 Å². The van der Waals surface area contributed by atoms with E-state index in [-0.39, 0.29) is 6.10 Å². The summed E-state index contributed by atoms with van der Waals surface area (Å²) in [5.41, 5.74) is 0. The maximum absolute atomic E-state index is 9.61. The fraction of sp³-hybridized carbons (Fsp3) is 0.750. The zero-order chi connectivity index (χ0) is 10.7. The Morgan fingerprint density at radius 1 is 1.53 bits per heavy atom. The number of aryl methyl sites for hydroxylation is 1. The van der Waals surface area contributed by atoms with Crippen LogP contribution in [0.15, 0.2) is 12.4 Å². The smallest absolute Gasteiger partial charge is 0.108 e. The first-order valence-electron chi connectivity index (χ1n) is 5.97. The summed E-state index contributed by atoms with van der Waals surface area (Å²) in [6, 6.07) is 0. The van der Waals surface area contributed by atoms with Crippen LogP contribution in [0.3, 0.4) is 0 Å². The van der Waals surface area contributed by atoms with Crippen molar-refractivity contribution in [2.75, 3.05) is 0 Å². The van der Waals surface area contributed by atoms with Crippen molar-refractivity contribution in [1.29, 1.82) is 0 Å². The SMILES string of the molecule is CCn1ccnc1CC1CCCC(O)C1. The average molecular weight is 208 g/mol. The number of aromatic nitrogens is 2. The molecule has 0 spiro atoms. The molecule has 1 aromatic heterocycles. The van der Waals surface area contributed by atoms with Gasteiger partial charge in [-0.3, -0.25) is 0 Å². The van der Waals surface area contributed by atoms with Crippen LogP contribution in [0.25, 0.3) is 0 Å².